The van der Waals surface area contributed by atoms with Crippen LogP contribution in [0.2, 0.25) is 0 Å². The third-order valence-electron chi connectivity index (χ3n) is 5.17. The highest BCUT2D eigenvalue weighted by Crippen LogP contribution is 2.26. The van der Waals surface area contributed by atoms with E-state index in [2.05, 4.69) is 40.9 Å². The maximum Gasteiger partial charge on any atom is 0.164 e. The molecule has 6 nitrogen and oxygen atoms in total. The number of fused-ring (bicyclic) bond motifs is 2. The molecule has 1 unspecified atom stereocenters. The average Bonchev–Trinajstić information content (AvgIpc) is 3.24. The van der Waals surface area contributed by atoms with E-state index in [1.165, 1.54) is 22.9 Å². The van der Waals surface area contributed by atoms with Gasteiger partial charge in [-0.2, -0.15) is 5.10 Å². The van der Waals surface area contributed by atoms with Crippen LogP contribution in [0.15, 0.2) is 23.3 Å². The summed E-state index contributed by atoms with van der Waals surface area (Å²) in [5, 5.41) is 12.8. The van der Waals surface area contributed by atoms with Gasteiger partial charge in [-0.05, 0) is 63.4 Å². The number of thiophene rings is 1. The molecule has 0 spiro atoms. The molecule has 0 amide bonds. The van der Waals surface area contributed by atoms with Gasteiger partial charge in [0.1, 0.15) is 10.4 Å². The van der Waals surface area contributed by atoms with Crippen LogP contribution in [0.3, 0.4) is 0 Å². The molecule has 5 heterocycles. The molecule has 0 bridgehead atoms. The van der Waals surface area contributed by atoms with Gasteiger partial charge in [-0.15, -0.1) is 11.3 Å². The van der Waals surface area contributed by atoms with Gasteiger partial charge in [0.25, 0.3) is 0 Å². The van der Waals surface area contributed by atoms with Gasteiger partial charge in [-0.1, -0.05) is 0 Å². The Balaban J connectivity index is 1.52. The molecule has 2 N–H and O–H groups in total. The summed E-state index contributed by atoms with van der Waals surface area (Å²) in [7, 11) is 0. The molecule has 0 aliphatic carbocycles. The minimum absolute atomic E-state index is 0.146. The fourth-order valence-electron chi connectivity index (χ4n) is 3.81. The molecule has 134 valence electrons. The molecular formula is C19H22N6S. The Morgan fingerprint density at radius 1 is 1.19 bits per heavy atom. The molecule has 5 rings (SSSR count). The molecule has 3 aromatic rings. The maximum absolute atomic E-state index is 4.95. The summed E-state index contributed by atoms with van der Waals surface area (Å²) in [4.78, 5) is 10.9. The largest absolute Gasteiger partial charge is 0.364 e. The van der Waals surface area contributed by atoms with Crippen LogP contribution in [0.4, 0.5) is 0 Å². The summed E-state index contributed by atoms with van der Waals surface area (Å²) in [6.45, 7) is 6.29. The summed E-state index contributed by atoms with van der Waals surface area (Å²) >= 11 is 1.84. The van der Waals surface area contributed by atoms with Gasteiger partial charge >= 0.3 is 0 Å². The van der Waals surface area contributed by atoms with Crippen LogP contribution in [0.5, 0.6) is 0 Å². The quantitative estimate of drug-likeness (QED) is 0.722. The molecule has 0 aromatic carbocycles. The molecule has 26 heavy (non-hydrogen) atoms. The third-order valence-corrected chi connectivity index (χ3v) is 6.39. The minimum atomic E-state index is -0.146. The first-order valence-electron chi connectivity index (χ1n) is 9.15. The van der Waals surface area contributed by atoms with E-state index in [1.807, 2.05) is 29.0 Å². The smallest absolute Gasteiger partial charge is 0.164 e. The van der Waals surface area contributed by atoms with Crippen molar-refractivity contribution in [1.29, 1.82) is 0 Å². The molecule has 7 heteroatoms. The van der Waals surface area contributed by atoms with Gasteiger partial charge in [-0.3, -0.25) is 0 Å². The highest BCUT2D eigenvalue weighted by Gasteiger charge is 2.20. The van der Waals surface area contributed by atoms with Crippen molar-refractivity contribution >= 4 is 23.2 Å². The van der Waals surface area contributed by atoms with E-state index >= 15 is 0 Å². The molecule has 3 aromatic heterocycles. The summed E-state index contributed by atoms with van der Waals surface area (Å²) in [6, 6.07) is 4.40. The van der Waals surface area contributed by atoms with Crippen molar-refractivity contribution in [1.82, 2.24) is 25.2 Å². The van der Waals surface area contributed by atoms with Crippen molar-refractivity contribution in [3.63, 3.8) is 0 Å². The van der Waals surface area contributed by atoms with Crippen molar-refractivity contribution in [2.75, 3.05) is 13.1 Å². The Hall–Kier alpha value is -2.25. The molecule has 1 fully saturated rings. The molecule has 0 saturated carbocycles. The zero-order chi connectivity index (χ0) is 17.7. The third kappa shape index (κ3) is 2.71. The number of hydrogen-bond donors (Lipinski definition) is 2. The minimum Gasteiger partial charge on any atom is -0.364 e. The normalized spacial score (nSPS) is 20.3. The number of piperidine rings is 1. The fraction of sp³-hybridized carbons (Fsp3) is 0.421. The van der Waals surface area contributed by atoms with Gasteiger partial charge in [0.05, 0.1) is 11.9 Å². The second-order valence-electron chi connectivity index (χ2n) is 7.18. The standard InChI is InChI=1S/C19H22N6S/c1-11-7-15(24-25-10-12(2)22-18(11)25)17-21-9-14-8-16(26-19(14)23-17)13-3-5-20-6-4-13/h7-10,13,17,20-21H,3-6H2,1-2H3. The number of hydrogen-bond acceptors (Lipinski definition) is 6. The molecule has 1 saturated heterocycles. The summed E-state index contributed by atoms with van der Waals surface area (Å²) < 4.78 is 2.98. The van der Waals surface area contributed by atoms with Crippen LogP contribution < -0.4 is 20.5 Å². The Labute approximate surface area is 155 Å². The molecular weight excluding hydrogens is 344 g/mol. The molecule has 2 aliphatic heterocycles. The van der Waals surface area contributed by atoms with Crippen molar-refractivity contribution in [2.24, 2.45) is 4.99 Å². The second-order valence-corrected chi connectivity index (χ2v) is 8.24. The number of nitrogens with one attached hydrogen (secondary N) is 2. The van der Waals surface area contributed by atoms with E-state index < -0.39 is 0 Å². The SMILES string of the molecule is Cc1cn2nc(C3N=c4sc(C5CCNCC5)cc4=CN3)cc(C)c2n1. The monoisotopic (exact) mass is 366 g/mol. The van der Waals surface area contributed by atoms with E-state index in [0.717, 1.165) is 40.4 Å². The van der Waals surface area contributed by atoms with E-state index in [0.29, 0.717) is 5.92 Å². The summed E-state index contributed by atoms with van der Waals surface area (Å²) in [5.41, 5.74) is 3.93. The average molecular weight is 366 g/mol. The predicted octanol–water partition coefficient (Wildman–Crippen LogP) is 1.53. The van der Waals surface area contributed by atoms with Gasteiger partial charge in [0.2, 0.25) is 0 Å². The fourth-order valence-corrected chi connectivity index (χ4v) is 5.01. The van der Waals surface area contributed by atoms with Gasteiger partial charge < -0.3 is 10.6 Å². The Morgan fingerprint density at radius 2 is 2.04 bits per heavy atom. The van der Waals surface area contributed by atoms with E-state index in [-0.39, 0.29) is 6.17 Å². The first-order valence-corrected chi connectivity index (χ1v) is 9.97. The Morgan fingerprint density at radius 3 is 2.88 bits per heavy atom. The maximum atomic E-state index is 4.95. The molecule has 2 aliphatic rings. The van der Waals surface area contributed by atoms with E-state index in [4.69, 9.17) is 10.1 Å². The van der Waals surface area contributed by atoms with E-state index in [9.17, 15) is 0 Å². The number of nitrogens with zero attached hydrogens (tertiary/aromatic N) is 4. The zero-order valence-corrected chi connectivity index (χ0v) is 15.8. The van der Waals surface area contributed by atoms with Crippen molar-refractivity contribution in [2.45, 2.75) is 38.8 Å². The van der Waals surface area contributed by atoms with E-state index in [1.54, 1.807) is 0 Å². The van der Waals surface area contributed by atoms with Crippen LogP contribution in [0.1, 0.15) is 46.8 Å². The van der Waals surface area contributed by atoms with Crippen LogP contribution in [-0.2, 0) is 0 Å². The lowest BCUT2D eigenvalue weighted by molar-refractivity contribution is 0.465. The van der Waals surface area contributed by atoms with Crippen molar-refractivity contribution < 1.29 is 0 Å². The summed E-state index contributed by atoms with van der Waals surface area (Å²) in [6.07, 6.45) is 6.34. The Kier molecular flexibility index (Phi) is 3.79. The van der Waals surface area contributed by atoms with Gasteiger partial charge in [-0.25, -0.2) is 14.5 Å². The van der Waals surface area contributed by atoms with Crippen LogP contribution in [0, 0.1) is 13.8 Å². The number of imidazole rings is 1. The van der Waals surface area contributed by atoms with Crippen LogP contribution in [0.25, 0.3) is 11.8 Å². The van der Waals surface area contributed by atoms with Crippen LogP contribution >= 0.6 is 11.3 Å². The lowest BCUT2D eigenvalue weighted by Gasteiger charge is -2.21. The lowest BCUT2D eigenvalue weighted by atomic mass is 9.96. The lowest BCUT2D eigenvalue weighted by Crippen LogP contribution is -2.32. The predicted molar refractivity (Wildman–Crippen MR) is 103 cm³/mol. The van der Waals surface area contributed by atoms with Crippen molar-refractivity contribution in [3.8, 4) is 0 Å². The van der Waals surface area contributed by atoms with Gasteiger partial charge in [0.15, 0.2) is 11.8 Å². The summed E-state index contributed by atoms with van der Waals surface area (Å²) in [5.74, 6) is 0.666. The number of rotatable bonds is 2. The zero-order valence-electron chi connectivity index (χ0n) is 15.0. The van der Waals surface area contributed by atoms with Gasteiger partial charge in [0, 0.05) is 16.3 Å². The molecule has 1 atom stereocenters. The highest BCUT2D eigenvalue weighted by atomic mass is 32.1. The topological polar surface area (TPSA) is 66.6 Å². The number of aryl methyl sites for hydroxylation is 2. The second kappa shape index (κ2) is 6.17. The van der Waals surface area contributed by atoms with Crippen LogP contribution in [-0.4, -0.2) is 27.7 Å². The first-order chi connectivity index (χ1) is 12.7. The Bertz CT molecular complexity index is 1090. The first kappa shape index (κ1) is 16.0. The molecule has 0 radical (unpaired) electrons. The number of aromatic nitrogens is 3. The highest BCUT2D eigenvalue weighted by molar-refractivity contribution is 7.09. The van der Waals surface area contributed by atoms with Crippen molar-refractivity contribution in [3.05, 3.63) is 50.0 Å².